The van der Waals surface area contributed by atoms with Crippen LogP contribution in [-0.4, -0.2) is 10.9 Å². The summed E-state index contributed by atoms with van der Waals surface area (Å²) in [5.74, 6) is 0.352. The number of nitrogens with zero attached hydrogens (tertiary/aromatic N) is 2. The number of Topliss-reactive ketones (excluding diaryl/α,β-unsaturated/α-hetero) is 1. The smallest absolute Gasteiger partial charge is 0.146 e. The molecule has 2 rings (SSSR count). The van der Waals surface area contributed by atoms with Gasteiger partial charge in [-0.1, -0.05) is 52.8 Å². The van der Waals surface area contributed by atoms with Crippen molar-refractivity contribution >= 4 is 22.8 Å². The highest BCUT2D eigenvalue weighted by atomic mass is 16.3. The van der Waals surface area contributed by atoms with Crippen molar-refractivity contribution in [2.24, 2.45) is 16.1 Å². The number of rotatable bonds is 6. The number of nitrogen functional groups attached to an aromatic ring is 1. The molecule has 3 N–H and O–H groups in total. The van der Waals surface area contributed by atoms with E-state index in [0.717, 1.165) is 11.1 Å². The minimum atomic E-state index is -0.266. The molecule has 0 aliphatic heterocycles. The van der Waals surface area contributed by atoms with Crippen molar-refractivity contribution < 1.29 is 9.90 Å². The average Bonchev–Trinajstić information content (AvgIpc) is 2.59. The third-order valence-electron chi connectivity index (χ3n) is 4.46. The number of para-hydroxylation sites is 1. The van der Waals surface area contributed by atoms with E-state index in [-0.39, 0.29) is 22.9 Å². The summed E-state index contributed by atoms with van der Waals surface area (Å²) in [6, 6.07) is 10.9. The lowest BCUT2D eigenvalue weighted by Gasteiger charge is -2.22. The van der Waals surface area contributed by atoms with Crippen LogP contribution in [0.1, 0.15) is 52.2 Å². The Kier molecular flexibility index (Phi) is 6.37. The zero-order valence-corrected chi connectivity index (χ0v) is 16.8. The molecule has 5 heteroatoms. The van der Waals surface area contributed by atoms with Gasteiger partial charge >= 0.3 is 0 Å². The number of aryl methyl sites for hydroxylation is 1. The van der Waals surface area contributed by atoms with E-state index in [1.54, 1.807) is 18.2 Å². The van der Waals surface area contributed by atoms with Gasteiger partial charge in [-0.25, -0.2) is 0 Å². The summed E-state index contributed by atoms with van der Waals surface area (Å²) in [4.78, 5) is 12.0. The van der Waals surface area contributed by atoms with E-state index < -0.39 is 0 Å². The summed E-state index contributed by atoms with van der Waals surface area (Å²) in [5.41, 5.74) is 8.85. The summed E-state index contributed by atoms with van der Waals surface area (Å²) < 4.78 is 0. The maximum Gasteiger partial charge on any atom is 0.146 e. The lowest BCUT2D eigenvalue weighted by atomic mass is 9.84. The minimum absolute atomic E-state index is 0.0180. The molecule has 0 saturated heterocycles. The first-order valence-electron chi connectivity index (χ1n) is 9.25. The van der Waals surface area contributed by atoms with E-state index in [1.807, 2.05) is 52.8 Å². The van der Waals surface area contributed by atoms with Gasteiger partial charge in [-0.15, -0.1) is 10.2 Å². The third-order valence-corrected chi connectivity index (χ3v) is 4.46. The molecule has 0 bridgehead atoms. The fourth-order valence-electron chi connectivity index (χ4n) is 2.71. The molecular weight excluding hydrogens is 338 g/mol. The average molecular weight is 367 g/mol. The van der Waals surface area contributed by atoms with Gasteiger partial charge in [-0.2, -0.15) is 0 Å². The fraction of sp³-hybridized carbons (Fsp3) is 0.409. The van der Waals surface area contributed by atoms with Gasteiger partial charge in [0.1, 0.15) is 22.9 Å². The largest absolute Gasteiger partial charge is 0.505 e. The molecule has 0 aromatic heterocycles. The first-order valence-corrected chi connectivity index (χ1v) is 9.25. The molecule has 0 aliphatic carbocycles. The second kappa shape index (κ2) is 8.33. The quantitative estimate of drug-likeness (QED) is 0.496. The van der Waals surface area contributed by atoms with Crippen molar-refractivity contribution in [1.82, 2.24) is 0 Å². The zero-order valence-electron chi connectivity index (χ0n) is 16.8. The third kappa shape index (κ3) is 5.39. The molecule has 0 heterocycles. The number of carbonyl (C=O) groups is 1. The molecule has 0 fully saturated rings. The molecule has 0 radical (unpaired) electrons. The first-order chi connectivity index (χ1) is 12.6. The summed E-state index contributed by atoms with van der Waals surface area (Å²) in [6.07, 6.45) is 1.07. The second-order valence-corrected chi connectivity index (χ2v) is 8.14. The Labute approximate surface area is 161 Å². The van der Waals surface area contributed by atoms with Crippen LogP contribution in [0.5, 0.6) is 5.75 Å². The summed E-state index contributed by atoms with van der Waals surface area (Å²) in [5, 5.41) is 19.2. The monoisotopic (exact) mass is 367 g/mol. The van der Waals surface area contributed by atoms with E-state index in [0.29, 0.717) is 29.9 Å². The number of benzene rings is 2. The maximum absolute atomic E-state index is 12.0. The van der Waals surface area contributed by atoms with Crippen molar-refractivity contribution in [1.29, 1.82) is 0 Å². The number of phenolic OH excluding ortho intramolecular Hbond substituents is 1. The molecule has 0 atom stereocenters. The predicted molar refractivity (Wildman–Crippen MR) is 110 cm³/mol. The number of anilines is 1. The Morgan fingerprint density at radius 2 is 1.74 bits per heavy atom. The number of hydrogen-bond acceptors (Lipinski definition) is 5. The number of hydrogen-bond donors (Lipinski definition) is 2. The molecule has 2 aromatic carbocycles. The van der Waals surface area contributed by atoms with Crippen LogP contribution in [0, 0.1) is 5.92 Å². The van der Waals surface area contributed by atoms with Crippen LogP contribution in [0.4, 0.5) is 17.1 Å². The number of nitrogens with two attached hydrogens (primary N) is 1. The predicted octanol–water partition coefficient (Wildman–Crippen LogP) is 5.85. The normalized spacial score (nSPS) is 12.1. The molecule has 27 heavy (non-hydrogen) atoms. The van der Waals surface area contributed by atoms with Gasteiger partial charge in [-0.05, 0) is 35.6 Å². The molecule has 0 saturated carbocycles. The highest BCUT2D eigenvalue weighted by Gasteiger charge is 2.22. The van der Waals surface area contributed by atoms with E-state index in [1.165, 1.54) is 0 Å². The Morgan fingerprint density at radius 3 is 2.33 bits per heavy atom. The van der Waals surface area contributed by atoms with Gasteiger partial charge in [-0.3, -0.25) is 4.79 Å². The summed E-state index contributed by atoms with van der Waals surface area (Å²) in [6.45, 7) is 9.90. The topological polar surface area (TPSA) is 88.0 Å². The molecule has 144 valence electrons. The molecule has 0 unspecified atom stereocenters. The second-order valence-electron chi connectivity index (χ2n) is 8.14. The number of ketones is 1. The lowest BCUT2D eigenvalue weighted by Crippen LogP contribution is -2.12. The van der Waals surface area contributed by atoms with Gasteiger partial charge < -0.3 is 10.8 Å². The molecule has 0 spiro atoms. The first kappa shape index (κ1) is 20.6. The van der Waals surface area contributed by atoms with Crippen LogP contribution in [0.15, 0.2) is 46.6 Å². The van der Waals surface area contributed by atoms with Gasteiger partial charge in [0.25, 0.3) is 0 Å². The Bertz CT molecular complexity index is 849. The van der Waals surface area contributed by atoms with Crippen molar-refractivity contribution in [3.8, 4) is 5.75 Å². The number of aromatic hydroxyl groups is 1. The molecule has 0 amide bonds. The van der Waals surface area contributed by atoms with Gasteiger partial charge in [0, 0.05) is 17.9 Å². The van der Waals surface area contributed by atoms with Crippen molar-refractivity contribution in [2.75, 3.05) is 5.73 Å². The summed E-state index contributed by atoms with van der Waals surface area (Å²) in [7, 11) is 0. The zero-order chi connectivity index (χ0) is 20.2. The SMILES string of the molecule is CC(C)C(=O)CCc1cc(N=Nc2ccccc2N)c(O)c(C(C)(C)C)c1. The fourth-order valence-corrected chi connectivity index (χ4v) is 2.71. The van der Waals surface area contributed by atoms with Crippen molar-refractivity contribution in [2.45, 2.75) is 52.9 Å². The van der Waals surface area contributed by atoms with Crippen LogP contribution < -0.4 is 5.73 Å². The van der Waals surface area contributed by atoms with Crippen LogP contribution in [-0.2, 0) is 16.6 Å². The molecule has 5 nitrogen and oxygen atoms in total. The van der Waals surface area contributed by atoms with E-state index >= 15 is 0 Å². The molecular formula is C22H29N3O2. The standard InChI is InChI=1S/C22H29N3O2/c1-14(2)20(26)11-10-15-12-16(22(3,4)5)21(27)19(13-15)25-24-18-9-7-6-8-17(18)23/h6-9,12-14,27H,10-11,23H2,1-5H3. The van der Waals surface area contributed by atoms with Gasteiger partial charge in [0.05, 0.1) is 5.69 Å². The lowest BCUT2D eigenvalue weighted by molar-refractivity contribution is -0.121. The molecule has 0 aliphatic rings. The molecule has 2 aromatic rings. The van der Waals surface area contributed by atoms with Crippen LogP contribution in [0.3, 0.4) is 0 Å². The van der Waals surface area contributed by atoms with Crippen LogP contribution in [0.2, 0.25) is 0 Å². The van der Waals surface area contributed by atoms with E-state index in [4.69, 9.17) is 5.73 Å². The van der Waals surface area contributed by atoms with Gasteiger partial charge in [0.15, 0.2) is 0 Å². The maximum atomic E-state index is 12.0. The van der Waals surface area contributed by atoms with Crippen LogP contribution in [0.25, 0.3) is 0 Å². The Morgan fingerprint density at radius 1 is 1.11 bits per heavy atom. The van der Waals surface area contributed by atoms with Crippen molar-refractivity contribution in [3.63, 3.8) is 0 Å². The highest BCUT2D eigenvalue weighted by molar-refractivity contribution is 5.80. The van der Waals surface area contributed by atoms with E-state index in [2.05, 4.69) is 10.2 Å². The Hall–Kier alpha value is -2.69. The highest BCUT2D eigenvalue weighted by Crippen LogP contribution is 2.40. The van der Waals surface area contributed by atoms with Crippen molar-refractivity contribution in [3.05, 3.63) is 47.5 Å². The van der Waals surface area contributed by atoms with E-state index in [9.17, 15) is 9.90 Å². The van der Waals surface area contributed by atoms with Crippen LogP contribution >= 0.6 is 0 Å². The minimum Gasteiger partial charge on any atom is -0.505 e. The van der Waals surface area contributed by atoms with Gasteiger partial charge in [0.2, 0.25) is 0 Å². The summed E-state index contributed by atoms with van der Waals surface area (Å²) >= 11 is 0. The number of azo groups is 1. The Balaban J connectivity index is 2.41. The number of carbonyl (C=O) groups excluding carboxylic acids is 1. The number of phenols is 1.